The van der Waals surface area contributed by atoms with E-state index in [4.69, 9.17) is 11.6 Å². The van der Waals surface area contributed by atoms with Crippen LogP contribution in [0.15, 0.2) is 36.9 Å². The van der Waals surface area contributed by atoms with Crippen LogP contribution < -0.4 is 5.32 Å². The highest BCUT2D eigenvalue weighted by atomic mass is 35.5. The van der Waals surface area contributed by atoms with Gasteiger partial charge in [-0.2, -0.15) is 0 Å². The van der Waals surface area contributed by atoms with Gasteiger partial charge in [0.2, 0.25) is 0 Å². The quantitative estimate of drug-likeness (QED) is 0.942. The van der Waals surface area contributed by atoms with Crippen molar-refractivity contribution in [3.63, 3.8) is 0 Å². The molecule has 4 rings (SSSR count). The molecule has 0 aliphatic heterocycles. The summed E-state index contributed by atoms with van der Waals surface area (Å²) in [5.74, 6) is 0. The third-order valence-electron chi connectivity index (χ3n) is 4.94. The summed E-state index contributed by atoms with van der Waals surface area (Å²) in [5, 5.41) is 4.74. The fraction of sp³-hybridized carbons (Fsp3) is 0.471. The van der Waals surface area contributed by atoms with E-state index in [9.17, 15) is 0 Å². The lowest BCUT2D eigenvalue weighted by molar-refractivity contribution is 0.354. The Hall–Kier alpha value is -1.32. The van der Waals surface area contributed by atoms with Crippen LogP contribution in [0.5, 0.6) is 0 Å². The topological polar surface area (TPSA) is 29.9 Å². The smallest absolute Gasteiger partial charge is 0.0949 e. The molecule has 2 aromatic rings. The molecule has 4 heteroatoms. The van der Waals surface area contributed by atoms with Crippen LogP contribution in [-0.4, -0.2) is 21.6 Å². The molecule has 3 atom stereocenters. The second-order valence-electron chi connectivity index (χ2n) is 6.30. The number of rotatable bonds is 3. The fourth-order valence-corrected chi connectivity index (χ4v) is 4.16. The predicted octanol–water partition coefficient (Wildman–Crippen LogP) is 3.39. The summed E-state index contributed by atoms with van der Waals surface area (Å²) in [6, 6.07) is 7.98. The van der Waals surface area contributed by atoms with Crippen LogP contribution in [0.4, 0.5) is 0 Å². The van der Waals surface area contributed by atoms with E-state index in [0.29, 0.717) is 18.1 Å². The first-order chi connectivity index (χ1) is 10.3. The molecule has 110 valence electrons. The first-order valence-corrected chi connectivity index (χ1v) is 8.18. The molecular weight excluding hydrogens is 282 g/mol. The Morgan fingerprint density at radius 3 is 2.95 bits per heavy atom. The minimum absolute atomic E-state index is 0.549. The Balaban J connectivity index is 1.45. The highest BCUT2D eigenvalue weighted by molar-refractivity contribution is 6.30. The van der Waals surface area contributed by atoms with Crippen LogP contribution in [0.25, 0.3) is 0 Å². The third-order valence-corrected chi connectivity index (χ3v) is 5.17. The minimum atomic E-state index is 0.549. The van der Waals surface area contributed by atoms with Crippen molar-refractivity contribution in [3.05, 3.63) is 53.1 Å². The molecule has 1 fully saturated rings. The van der Waals surface area contributed by atoms with Gasteiger partial charge >= 0.3 is 0 Å². The van der Waals surface area contributed by atoms with Crippen molar-refractivity contribution in [3.8, 4) is 0 Å². The molecule has 0 saturated heterocycles. The Labute approximate surface area is 130 Å². The lowest BCUT2D eigenvalue weighted by Crippen LogP contribution is -2.41. The van der Waals surface area contributed by atoms with Crippen molar-refractivity contribution in [2.45, 2.75) is 50.2 Å². The Kier molecular flexibility index (Phi) is 3.48. The van der Waals surface area contributed by atoms with Crippen molar-refractivity contribution in [2.75, 3.05) is 0 Å². The Morgan fingerprint density at radius 2 is 2.10 bits per heavy atom. The van der Waals surface area contributed by atoms with E-state index < -0.39 is 0 Å². The third kappa shape index (κ3) is 2.60. The molecule has 21 heavy (non-hydrogen) atoms. The van der Waals surface area contributed by atoms with E-state index in [-0.39, 0.29) is 0 Å². The van der Waals surface area contributed by atoms with Crippen molar-refractivity contribution >= 4 is 11.6 Å². The maximum absolute atomic E-state index is 6.10. The van der Waals surface area contributed by atoms with Crippen LogP contribution in [0.3, 0.4) is 0 Å². The molecule has 3 unspecified atom stereocenters. The average molecular weight is 302 g/mol. The second-order valence-corrected chi connectivity index (χ2v) is 6.74. The van der Waals surface area contributed by atoms with E-state index >= 15 is 0 Å². The second kappa shape index (κ2) is 5.47. The van der Waals surface area contributed by atoms with Crippen LogP contribution in [0.1, 0.15) is 36.4 Å². The zero-order valence-corrected chi connectivity index (χ0v) is 12.8. The molecule has 0 bridgehead atoms. The van der Waals surface area contributed by atoms with Gasteiger partial charge in [0, 0.05) is 35.5 Å². The molecule has 3 nitrogen and oxygen atoms in total. The molecule has 1 N–H and O–H groups in total. The molecule has 1 aromatic heterocycles. The first-order valence-electron chi connectivity index (χ1n) is 7.80. The molecule has 0 spiro atoms. The van der Waals surface area contributed by atoms with E-state index in [1.54, 1.807) is 0 Å². The van der Waals surface area contributed by atoms with Crippen LogP contribution in [0, 0.1) is 0 Å². The van der Waals surface area contributed by atoms with Gasteiger partial charge in [-0.25, -0.2) is 4.98 Å². The summed E-state index contributed by atoms with van der Waals surface area (Å²) in [4.78, 5) is 4.20. The zero-order chi connectivity index (χ0) is 14.2. The summed E-state index contributed by atoms with van der Waals surface area (Å²) < 4.78 is 2.27. The zero-order valence-electron chi connectivity index (χ0n) is 12.0. The van der Waals surface area contributed by atoms with Gasteiger partial charge < -0.3 is 9.88 Å². The van der Waals surface area contributed by atoms with Crippen LogP contribution in [0.2, 0.25) is 5.02 Å². The molecule has 1 heterocycles. The van der Waals surface area contributed by atoms with Gasteiger partial charge in [-0.3, -0.25) is 0 Å². The summed E-state index contributed by atoms with van der Waals surface area (Å²) >= 11 is 6.10. The van der Waals surface area contributed by atoms with Crippen molar-refractivity contribution < 1.29 is 0 Å². The maximum Gasteiger partial charge on any atom is 0.0949 e. The van der Waals surface area contributed by atoms with E-state index in [1.165, 1.54) is 30.4 Å². The summed E-state index contributed by atoms with van der Waals surface area (Å²) in [6.45, 7) is 0. The van der Waals surface area contributed by atoms with Gasteiger partial charge in [0.05, 0.1) is 6.33 Å². The summed E-state index contributed by atoms with van der Waals surface area (Å²) in [5.41, 5.74) is 2.87. The normalized spacial score (nSPS) is 28.0. The van der Waals surface area contributed by atoms with Gasteiger partial charge in [0.15, 0.2) is 0 Å². The Morgan fingerprint density at radius 1 is 1.19 bits per heavy atom. The maximum atomic E-state index is 6.10. The molecule has 1 saturated carbocycles. The van der Waals surface area contributed by atoms with Gasteiger partial charge in [-0.15, -0.1) is 0 Å². The Bertz CT molecular complexity index is 623. The van der Waals surface area contributed by atoms with E-state index in [0.717, 1.165) is 17.9 Å². The number of nitrogens with one attached hydrogen (secondary N) is 1. The van der Waals surface area contributed by atoms with Crippen LogP contribution >= 0.6 is 11.6 Å². The number of aromatic nitrogens is 2. The number of halogens is 1. The number of benzene rings is 1. The molecule has 2 aliphatic carbocycles. The lowest BCUT2D eigenvalue weighted by Gasteiger charge is -2.25. The molecule has 1 aromatic carbocycles. The van der Waals surface area contributed by atoms with Gasteiger partial charge in [0.25, 0.3) is 0 Å². The van der Waals surface area contributed by atoms with E-state index in [2.05, 4.69) is 33.2 Å². The SMILES string of the molecule is Clc1ccc2c(c1)CC(NC1CCCC1n1ccnc1)C2. The molecule has 0 amide bonds. The molecule has 2 aliphatic rings. The largest absolute Gasteiger partial charge is 0.333 e. The monoisotopic (exact) mass is 301 g/mol. The highest BCUT2D eigenvalue weighted by Gasteiger charge is 2.32. The summed E-state index contributed by atoms with van der Waals surface area (Å²) in [6.07, 6.45) is 12.0. The van der Waals surface area contributed by atoms with Gasteiger partial charge in [-0.1, -0.05) is 17.7 Å². The number of hydrogen-bond donors (Lipinski definition) is 1. The standard InChI is InChI=1S/C17H20ClN3/c18-14-5-4-12-9-15(10-13(12)8-14)20-16-2-1-3-17(16)21-7-6-19-11-21/h4-8,11,15-17,20H,1-3,9-10H2. The highest BCUT2D eigenvalue weighted by Crippen LogP contribution is 2.32. The molecular formula is C17H20ClN3. The predicted molar refractivity (Wildman–Crippen MR) is 84.7 cm³/mol. The van der Waals surface area contributed by atoms with Gasteiger partial charge in [-0.05, 0) is 55.4 Å². The van der Waals surface area contributed by atoms with Crippen molar-refractivity contribution in [1.82, 2.24) is 14.9 Å². The van der Waals surface area contributed by atoms with Gasteiger partial charge in [0.1, 0.15) is 0 Å². The minimum Gasteiger partial charge on any atom is -0.333 e. The van der Waals surface area contributed by atoms with Crippen LogP contribution in [-0.2, 0) is 12.8 Å². The molecule has 0 radical (unpaired) electrons. The average Bonchev–Trinajstić information content (AvgIpc) is 3.16. The number of fused-ring (bicyclic) bond motifs is 1. The first kappa shape index (κ1) is 13.4. The van der Waals surface area contributed by atoms with E-state index in [1.807, 2.05) is 18.6 Å². The fourth-order valence-electron chi connectivity index (χ4n) is 3.96. The summed E-state index contributed by atoms with van der Waals surface area (Å²) in [7, 11) is 0. The van der Waals surface area contributed by atoms with Crippen molar-refractivity contribution in [2.24, 2.45) is 0 Å². The van der Waals surface area contributed by atoms with Crippen molar-refractivity contribution in [1.29, 1.82) is 0 Å². The number of nitrogens with zero attached hydrogens (tertiary/aromatic N) is 2. The number of hydrogen-bond acceptors (Lipinski definition) is 2. The number of imidazole rings is 1. The lowest BCUT2D eigenvalue weighted by atomic mass is 10.1.